The molecule has 0 heterocycles. The maximum Gasteiger partial charge on any atom is 0.255 e. The number of nitrogens with one attached hydrogen (secondary N) is 2. The van der Waals surface area contributed by atoms with Crippen LogP contribution in [0.5, 0.6) is 0 Å². The first-order valence-corrected chi connectivity index (χ1v) is 9.03. The van der Waals surface area contributed by atoms with Crippen molar-refractivity contribution in [3.63, 3.8) is 0 Å². The molecule has 0 bridgehead atoms. The van der Waals surface area contributed by atoms with E-state index in [2.05, 4.69) is 17.0 Å². The molecule has 4 nitrogen and oxygen atoms in total. The quantitative estimate of drug-likeness (QED) is 0.839. The van der Waals surface area contributed by atoms with E-state index >= 15 is 0 Å². The van der Waals surface area contributed by atoms with Crippen LogP contribution in [-0.2, 0) is 11.0 Å². The number of hydrogen-bond acceptors (Lipinski definition) is 2. The fourth-order valence-electron chi connectivity index (χ4n) is 2.42. The molecule has 3 rings (SSSR count). The van der Waals surface area contributed by atoms with Crippen LogP contribution in [0.2, 0.25) is 0 Å². The Kier molecular flexibility index (Phi) is 4.78. The molecule has 0 spiro atoms. The minimum absolute atomic E-state index is 0.0166. The first-order chi connectivity index (χ1) is 11.5. The van der Waals surface area contributed by atoms with Gasteiger partial charge in [-0.2, -0.15) is 0 Å². The van der Waals surface area contributed by atoms with Crippen molar-refractivity contribution < 1.29 is 13.4 Å². The average Bonchev–Trinajstić information content (AvgIpc) is 3.37. The number of carbonyl (C=O) groups excluding carboxylic acids is 1. The smallest absolute Gasteiger partial charge is 0.255 e. The van der Waals surface area contributed by atoms with E-state index in [1.807, 2.05) is 0 Å². The van der Waals surface area contributed by atoms with E-state index in [1.54, 1.807) is 24.3 Å². The van der Waals surface area contributed by atoms with Crippen molar-refractivity contribution in [2.24, 2.45) is 0 Å². The first kappa shape index (κ1) is 16.8. The van der Waals surface area contributed by atoms with Crippen molar-refractivity contribution >= 4 is 22.6 Å². The Morgan fingerprint density at radius 1 is 1.21 bits per heavy atom. The fraction of sp³-hybridized carbons (Fsp3) is 0.278. The standard InChI is InChI=1S/C18H19FN2O2S/c1-2-18(10-11-18)21-24(23)16-5-3-4-13(12-16)17(22)20-15-8-6-14(19)7-9-15/h3-9,12,21H,2,10-11H2,1H3,(H,20,22). The molecule has 1 unspecified atom stereocenters. The second-order valence-electron chi connectivity index (χ2n) is 5.99. The van der Waals surface area contributed by atoms with Crippen molar-refractivity contribution in [2.45, 2.75) is 36.6 Å². The summed E-state index contributed by atoms with van der Waals surface area (Å²) in [5.41, 5.74) is 0.902. The van der Waals surface area contributed by atoms with Gasteiger partial charge in [-0.3, -0.25) is 4.79 Å². The maximum atomic E-state index is 12.9. The third kappa shape index (κ3) is 3.88. The normalized spacial score (nSPS) is 16.4. The second kappa shape index (κ2) is 6.83. The van der Waals surface area contributed by atoms with Gasteiger partial charge in [-0.1, -0.05) is 13.0 Å². The zero-order chi connectivity index (χ0) is 17.2. The lowest BCUT2D eigenvalue weighted by molar-refractivity contribution is 0.102. The molecule has 0 aliphatic heterocycles. The maximum absolute atomic E-state index is 12.9. The Bertz CT molecular complexity index is 773. The van der Waals surface area contributed by atoms with Gasteiger partial charge in [0.05, 0.1) is 4.90 Å². The molecule has 1 saturated carbocycles. The van der Waals surface area contributed by atoms with Gasteiger partial charge in [0, 0.05) is 16.8 Å². The number of amides is 1. The van der Waals surface area contributed by atoms with E-state index in [9.17, 15) is 13.4 Å². The lowest BCUT2D eigenvalue weighted by Crippen LogP contribution is -2.32. The molecule has 1 fully saturated rings. The molecule has 1 aliphatic rings. The summed E-state index contributed by atoms with van der Waals surface area (Å²) >= 11 is 0. The van der Waals surface area contributed by atoms with Gasteiger partial charge in [0.2, 0.25) is 0 Å². The van der Waals surface area contributed by atoms with Gasteiger partial charge in [-0.15, -0.1) is 0 Å². The minimum atomic E-state index is -1.35. The molecule has 0 saturated heterocycles. The van der Waals surface area contributed by atoms with Crippen molar-refractivity contribution in [2.75, 3.05) is 5.32 Å². The third-order valence-electron chi connectivity index (χ3n) is 4.25. The molecule has 6 heteroatoms. The Hall–Kier alpha value is -2.05. The van der Waals surface area contributed by atoms with Crippen molar-refractivity contribution in [1.29, 1.82) is 0 Å². The lowest BCUT2D eigenvalue weighted by Gasteiger charge is -2.14. The Morgan fingerprint density at radius 2 is 1.92 bits per heavy atom. The molecule has 2 aromatic carbocycles. The van der Waals surface area contributed by atoms with Crippen LogP contribution in [0.1, 0.15) is 36.5 Å². The summed E-state index contributed by atoms with van der Waals surface area (Å²) in [5.74, 6) is -0.682. The van der Waals surface area contributed by atoms with Crippen LogP contribution >= 0.6 is 0 Å². The molecule has 2 aromatic rings. The van der Waals surface area contributed by atoms with E-state index in [0.717, 1.165) is 19.3 Å². The third-order valence-corrected chi connectivity index (χ3v) is 5.55. The SMILES string of the molecule is CCC1(NS(=O)c2cccc(C(=O)Nc3ccc(F)cc3)c2)CC1. The fourth-order valence-corrected chi connectivity index (χ4v) is 3.72. The summed E-state index contributed by atoms with van der Waals surface area (Å²) < 4.78 is 28.5. The van der Waals surface area contributed by atoms with Gasteiger partial charge in [-0.25, -0.2) is 13.3 Å². The average molecular weight is 346 g/mol. The number of hydrogen-bond donors (Lipinski definition) is 2. The lowest BCUT2D eigenvalue weighted by atomic mass is 10.2. The Morgan fingerprint density at radius 3 is 2.54 bits per heavy atom. The summed E-state index contributed by atoms with van der Waals surface area (Å²) in [7, 11) is -1.35. The van der Waals surface area contributed by atoms with E-state index in [1.165, 1.54) is 24.3 Å². The van der Waals surface area contributed by atoms with E-state index in [0.29, 0.717) is 16.1 Å². The summed E-state index contributed by atoms with van der Waals surface area (Å²) in [6, 6.07) is 12.3. The molecule has 126 valence electrons. The van der Waals surface area contributed by atoms with Gasteiger partial charge >= 0.3 is 0 Å². The molecule has 1 aliphatic carbocycles. The molecule has 24 heavy (non-hydrogen) atoms. The van der Waals surface area contributed by atoms with E-state index in [4.69, 9.17) is 0 Å². The predicted octanol–water partition coefficient (Wildman–Crippen LogP) is 3.63. The highest BCUT2D eigenvalue weighted by Gasteiger charge is 2.42. The monoisotopic (exact) mass is 346 g/mol. The van der Waals surface area contributed by atoms with Crippen LogP contribution in [-0.4, -0.2) is 15.7 Å². The number of halogens is 1. The van der Waals surface area contributed by atoms with Crippen LogP contribution < -0.4 is 10.0 Å². The zero-order valence-electron chi connectivity index (χ0n) is 13.3. The van der Waals surface area contributed by atoms with Crippen LogP contribution in [0.25, 0.3) is 0 Å². The number of rotatable bonds is 6. The highest BCUT2D eigenvalue weighted by Crippen LogP contribution is 2.39. The summed E-state index contributed by atoms with van der Waals surface area (Å²) in [4.78, 5) is 12.9. The van der Waals surface area contributed by atoms with Gasteiger partial charge in [0.1, 0.15) is 16.8 Å². The van der Waals surface area contributed by atoms with Gasteiger partial charge < -0.3 is 5.32 Å². The van der Waals surface area contributed by atoms with Gasteiger partial charge in [0.25, 0.3) is 5.91 Å². The molecule has 0 aromatic heterocycles. The van der Waals surface area contributed by atoms with Crippen molar-refractivity contribution in [3.8, 4) is 0 Å². The first-order valence-electron chi connectivity index (χ1n) is 7.88. The summed E-state index contributed by atoms with van der Waals surface area (Å²) in [6.07, 6.45) is 2.99. The van der Waals surface area contributed by atoms with Gasteiger partial charge in [0.15, 0.2) is 0 Å². The largest absolute Gasteiger partial charge is 0.322 e. The van der Waals surface area contributed by atoms with Crippen molar-refractivity contribution in [3.05, 3.63) is 59.9 Å². The predicted molar refractivity (Wildman–Crippen MR) is 92.6 cm³/mol. The van der Waals surface area contributed by atoms with Crippen LogP contribution in [0.15, 0.2) is 53.4 Å². The summed E-state index contributed by atoms with van der Waals surface area (Å²) in [6.45, 7) is 2.07. The molecule has 0 radical (unpaired) electrons. The topological polar surface area (TPSA) is 58.2 Å². The molecular formula is C18H19FN2O2S. The highest BCUT2D eigenvalue weighted by molar-refractivity contribution is 7.83. The Balaban J connectivity index is 1.71. The molecule has 2 N–H and O–H groups in total. The van der Waals surface area contributed by atoms with Crippen LogP contribution in [0, 0.1) is 5.82 Å². The minimum Gasteiger partial charge on any atom is -0.322 e. The van der Waals surface area contributed by atoms with E-state index < -0.39 is 11.0 Å². The zero-order valence-corrected chi connectivity index (χ0v) is 14.2. The number of carbonyl (C=O) groups is 1. The number of anilines is 1. The van der Waals surface area contributed by atoms with Crippen LogP contribution in [0.3, 0.4) is 0 Å². The molecular weight excluding hydrogens is 327 g/mol. The molecule has 1 amide bonds. The highest BCUT2D eigenvalue weighted by atomic mass is 32.2. The molecule has 1 atom stereocenters. The second-order valence-corrected chi connectivity index (χ2v) is 7.21. The van der Waals surface area contributed by atoms with Crippen LogP contribution in [0.4, 0.5) is 10.1 Å². The van der Waals surface area contributed by atoms with Gasteiger partial charge in [-0.05, 0) is 61.7 Å². The summed E-state index contributed by atoms with van der Waals surface area (Å²) in [5, 5.41) is 2.70. The van der Waals surface area contributed by atoms with Crippen molar-refractivity contribution in [1.82, 2.24) is 4.72 Å². The Labute approximate surface area is 143 Å². The number of benzene rings is 2. The van der Waals surface area contributed by atoms with E-state index in [-0.39, 0.29) is 17.3 Å².